The molecule has 0 radical (unpaired) electrons. The van der Waals surface area contributed by atoms with Crippen LogP contribution in [-0.4, -0.2) is 42.7 Å². The number of fused-ring (bicyclic) bond motifs is 3. The maximum Gasteiger partial charge on any atom is 0.416 e. The number of methoxy groups -OCH3 is 2. The summed E-state index contributed by atoms with van der Waals surface area (Å²) in [6.07, 6.45) is -8.12. The highest BCUT2D eigenvalue weighted by molar-refractivity contribution is 9.12. The van der Waals surface area contributed by atoms with Crippen molar-refractivity contribution < 1.29 is 60.1 Å². The molecule has 1 heterocycles. The maximum absolute atomic E-state index is 14.1. The van der Waals surface area contributed by atoms with Crippen LogP contribution in [0.25, 0.3) is 0 Å². The molecule has 1 aliphatic heterocycles. The zero-order valence-corrected chi connectivity index (χ0v) is 25.8. The first-order valence-corrected chi connectivity index (χ1v) is 14.8. The molecule has 0 aromatic heterocycles. The van der Waals surface area contributed by atoms with Gasteiger partial charge in [-0.1, -0.05) is 11.6 Å². The maximum atomic E-state index is 14.1. The summed E-state index contributed by atoms with van der Waals surface area (Å²) < 4.78 is 93.0. The molecule has 2 aromatic rings. The van der Waals surface area contributed by atoms with Crippen LogP contribution in [0.1, 0.15) is 35.4 Å². The zero-order chi connectivity index (χ0) is 34.3. The number of amides is 2. The van der Waals surface area contributed by atoms with Crippen LogP contribution in [-0.2, 0) is 31.5 Å². The summed E-state index contributed by atoms with van der Waals surface area (Å²) in [5, 5.41) is 10.3. The number of hydrogen-bond donors (Lipinski definition) is 1. The Kier molecular flexibility index (Phi) is 7.68. The van der Waals surface area contributed by atoms with Crippen LogP contribution in [0.5, 0.6) is 17.2 Å². The summed E-state index contributed by atoms with van der Waals surface area (Å²) in [4.78, 5) is 55.1. The Morgan fingerprint density at radius 1 is 0.851 bits per heavy atom. The SMILES string of the molecule is COc1cc(O)cc(OC)c1C1C2=CCC3C(=O)N(c4cc(C(F)(F)F)cc(C(F)(F)F)c4)C(=O)C3C2CC2=C1C(=O)C=C(Br)C2=O. The Morgan fingerprint density at radius 2 is 1.43 bits per heavy atom. The molecule has 15 heteroatoms. The summed E-state index contributed by atoms with van der Waals surface area (Å²) in [5.74, 6) is -7.84. The molecular weight excluding hydrogens is 704 g/mol. The van der Waals surface area contributed by atoms with E-state index in [4.69, 9.17) is 9.47 Å². The highest BCUT2D eigenvalue weighted by Crippen LogP contribution is 2.58. The number of phenolic OH excluding ortho intramolecular Hbond substituents is 1. The number of phenols is 1. The lowest BCUT2D eigenvalue weighted by atomic mass is 9.59. The van der Waals surface area contributed by atoms with E-state index in [1.807, 2.05) is 0 Å². The normalized spacial score (nSPS) is 24.5. The molecule has 0 saturated carbocycles. The van der Waals surface area contributed by atoms with Crippen LogP contribution in [0.3, 0.4) is 0 Å². The number of benzene rings is 2. The Labute approximate surface area is 270 Å². The number of Topliss-reactive ketones (excluding diaryl/α,β-unsaturated/α-hetero) is 1. The van der Waals surface area contributed by atoms with E-state index in [0.29, 0.717) is 22.6 Å². The molecule has 1 fully saturated rings. The average Bonchev–Trinajstić information content (AvgIpc) is 3.26. The van der Waals surface area contributed by atoms with E-state index in [2.05, 4.69) is 15.9 Å². The molecule has 6 rings (SSSR count). The number of ketones is 2. The first-order valence-electron chi connectivity index (χ1n) is 14.0. The van der Waals surface area contributed by atoms with Gasteiger partial charge in [0.05, 0.1) is 47.4 Å². The topological polar surface area (TPSA) is 110 Å². The van der Waals surface area contributed by atoms with E-state index in [9.17, 15) is 50.6 Å². The molecule has 1 saturated heterocycles. The summed E-state index contributed by atoms with van der Waals surface area (Å²) in [7, 11) is 2.59. The van der Waals surface area contributed by atoms with Crippen LogP contribution in [0.2, 0.25) is 0 Å². The number of carbonyl (C=O) groups excluding carboxylic acids is 4. The lowest BCUT2D eigenvalue weighted by Crippen LogP contribution is -2.39. The van der Waals surface area contributed by atoms with Crippen molar-refractivity contribution in [1.29, 1.82) is 0 Å². The Hall–Kier alpha value is -4.40. The van der Waals surface area contributed by atoms with Crippen molar-refractivity contribution in [3.8, 4) is 17.2 Å². The number of aromatic hydroxyl groups is 1. The molecular formula is C32H22BrF6NO7. The van der Waals surface area contributed by atoms with E-state index >= 15 is 0 Å². The number of carbonyl (C=O) groups is 4. The zero-order valence-electron chi connectivity index (χ0n) is 24.3. The monoisotopic (exact) mass is 725 g/mol. The molecule has 4 unspecified atom stereocenters. The quantitative estimate of drug-likeness (QED) is 0.168. The molecule has 4 atom stereocenters. The lowest BCUT2D eigenvalue weighted by molar-refractivity contribution is -0.143. The summed E-state index contributed by atoms with van der Waals surface area (Å²) in [5.41, 5.74) is -3.60. The van der Waals surface area contributed by atoms with Crippen LogP contribution in [0.15, 0.2) is 63.7 Å². The van der Waals surface area contributed by atoms with Crippen LogP contribution in [0.4, 0.5) is 32.0 Å². The van der Waals surface area contributed by atoms with Crippen LogP contribution in [0, 0.1) is 17.8 Å². The highest BCUT2D eigenvalue weighted by atomic mass is 79.9. The molecule has 246 valence electrons. The fraction of sp³-hybridized carbons (Fsp3) is 0.312. The predicted octanol–water partition coefficient (Wildman–Crippen LogP) is 6.41. The molecule has 47 heavy (non-hydrogen) atoms. The second-order valence-electron chi connectivity index (χ2n) is 11.4. The largest absolute Gasteiger partial charge is 0.508 e. The minimum absolute atomic E-state index is 0.00600. The number of allylic oxidation sites excluding steroid dienone is 6. The van der Waals surface area contributed by atoms with Gasteiger partial charge in [-0.2, -0.15) is 26.3 Å². The van der Waals surface area contributed by atoms with Crippen molar-refractivity contribution in [3.63, 3.8) is 0 Å². The van der Waals surface area contributed by atoms with Crippen molar-refractivity contribution in [3.05, 3.63) is 80.4 Å². The van der Waals surface area contributed by atoms with Crippen molar-refractivity contribution in [2.75, 3.05) is 19.1 Å². The second kappa shape index (κ2) is 11.1. The highest BCUT2D eigenvalue weighted by Gasteiger charge is 2.57. The molecule has 3 aliphatic carbocycles. The number of ether oxygens (including phenoxy) is 2. The smallest absolute Gasteiger partial charge is 0.416 e. The molecule has 0 spiro atoms. The molecule has 0 bridgehead atoms. The fourth-order valence-corrected chi connectivity index (χ4v) is 7.52. The third-order valence-electron chi connectivity index (χ3n) is 8.98. The molecule has 8 nitrogen and oxygen atoms in total. The van der Waals surface area contributed by atoms with Gasteiger partial charge in [-0.25, -0.2) is 4.90 Å². The van der Waals surface area contributed by atoms with Crippen molar-refractivity contribution in [2.45, 2.75) is 31.1 Å². The number of imide groups is 1. The predicted molar refractivity (Wildman–Crippen MR) is 155 cm³/mol. The summed E-state index contributed by atoms with van der Waals surface area (Å²) in [6.45, 7) is 0. The summed E-state index contributed by atoms with van der Waals surface area (Å²) >= 11 is 3.10. The van der Waals surface area contributed by atoms with Gasteiger partial charge in [0.15, 0.2) is 11.6 Å². The van der Waals surface area contributed by atoms with E-state index in [-0.39, 0.29) is 57.3 Å². The third kappa shape index (κ3) is 5.15. The van der Waals surface area contributed by atoms with Gasteiger partial charge in [0, 0.05) is 40.8 Å². The molecule has 2 aromatic carbocycles. The molecule has 4 aliphatic rings. The number of nitrogens with zero attached hydrogens (tertiary/aromatic N) is 1. The lowest BCUT2D eigenvalue weighted by Gasteiger charge is -2.42. The number of halogens is 7. The van der Waals surface area contributed by atoms with Gasteiger partial charge >= 0.3 is 12.4 Å². The Morgan fingerprint density at radius 3 is 1.96 bits per heavy atom. The van der Waals surface area contributed by atoms with Crippen LogP contribution >= 0.6 is 15.9 Å². The first-order chi connectivity index (χ1) is 22.0. The van der Waals surface area contributed by atoms with Crippen LogP contribution < -0.4 is 14.4 Å². The van der Waals surface area contributed by atoms with E-state index in [1.54, 1.807) is 6.08 Å². The van der Waals surface area contributed by atoms with Gasteiger partial charge in [0.1, 0.15) is 17.2 Å². The van der Waals surface area contributed by atoms with Gasteiger partial charge in [-0.05, 0) is 52.9 Å². The van der Waals surface area contributed by atoms with E-state index in [0.717, 1.165) is 6.08 Å². The van der Waals surface area contributed by atoms with E-state index < -0.39 is 76.2 Å². The second-order valence-corrected chi connectivity index (χ2v) is 12.3. The van der Waals surface area contributed by atoms with E-state index in [1.165, 1.54) is 26.4 Å². The Bertz CT molecular complexity index is 1820. The number of alkyl halides is 6. The van der Waals surface area contributed by atoms with Gasteiger partial charge in [0.25, 0.3) is 0 Å². The fourth-order valence-electron chi connectivity index (χ4n) is 7.07. The average molecular weight is 726 g/mol. The van der Waals surface area contributed by atoms with Gasteiger partial charge in [-0.15, -0.1) is 0 Å². The first kappa shape index (κ1) is 32.5. The van der Waals surface area contributed by atoms with Gasteiger partial charge in [0.2, 0.25) is 11.8 Å². The molecule has 1 N–H and O–H groups in total. The van der Waals surface area contributed by atoms with Gasteiger partial charge < -0.3 is 14.6 Å². The standard InChI is InChI=1S/C32H22BrF6NO7/c1-46-22-8-15(41)9-23(47-2)27(22)26-16-3-4-17-24(18(16)10-19-25(26)21(42)11-20(33)28(19)43)30(45)40(29(17)44)14-6-12(31(34,35)36)5-13(7-14)32(37,38)39/h3,5-9,11,17-18,24,26,41H,4,10H2,1-2H3. The van der Waals surface area contributed by atoms with Crippen molar-refractivity contribution in [1.82, 2.24) is 0 Å². The number of hydrogen-bond acceptors (Lipinski definition) is 7. The number of anilines is 1. The minimum atomic E-state index is -5.22. The minimum Gasteiger partial charge on any atom is -0.508 e. The molecule has 2 amide bonds. The summed E-state index contributed by atoms with van der Waals surface area (Å²) in [6, 6.07) is 3.05. The van der Waals surface area contributed by atoms with Gasteiger partial charge in [-0.3, -0.25) is 19.2 Å². The van der Waals surface area contributed by atoms with Crippen molar-refractivity contribution in [2.24, 2.45) is 17.8 Å². The van der Waals surface area contributed by atoms with Crippen molar-refractivity contribution >= 4 is 45.0 Å². The Balaban J connectivity index is 1.52. The third-order valence-corrected chi connectivity index (χ3v) is 9.57. The number of rotatable bonds is 4.